The van der Waals surface area contributed by atoms with Gasteiger partial charge in [-0.1, -0.05) is 24.4 Å². The Hall–Kier alpha value is -1.41. The first-order valence-electron chi connectivity index (χ1n) is 7.65. The number of hydroxylamine groups is 2. The number of ether oxygens (including phenoxy) is 1. The zero-order valence-electron chi connectivity index (χ0n) is 13.4. The van der Waals surface area contributed by atoms with Crippen molar-refractivity contribution in [3.8, 4) is 5.75 Å². The Balaban J connectivity index is 1.75. The topological polar surface area (TPSA) is 68.2 Å². The highest BCUT2D eigenvalue weighted by Gasteiger charge is 2.21. The third-order valence-corrected chi connectivity index (χ3v) is 4.18. The maximum atomic E-state index is 10.4. The van der Waals surface area contributed by atoms with Crippen molar-refractivity contribution in [2.45, 2.75) is 32.1 Å². The standard InChI is InChI=1S/C16H20ClNO5S/c1-21-14-11-13(17)8-7-12(14)10-16-22-18(23-24-16)9-5-3-2-4-6-15(19)20/h7-8,10-11H,2-6,9H2,1H3,(H,19,20)/b16-10-. The highest BCUT2D eigenvalue weighted by molar-refractivity contribution is 7.98. The Labute approximate surface area is 150 Å². The first-order valence-corrected chi connectivity index (χ1v) is 8.77. The zero-order chi connectivity index (χ0) is 17.4. The lowest BCUT2D eigenvalue weighted by molar-refractivity contribution is -0.259. The minimum Gasteiger partial charge on any atom is -0.496 e. The lowest BCUT2D eigenvalue weighted by Gasteiger charge is -2.10. The molecule has 1 aromatic carbocycles. The molecule has 1 aliphatic rings. The van der Waals surface area contributed by atoms with Crippen molar-refractivity contribution in [1.29, 1.82) is 0 Å². The van der Waals surface area contributed by atoms with E-state index in [0.717, 1.165) is 36.9 Å². The number of unbranched alkanes of at least 4 members (excludes halogenated alkanes) is 3. The maximum absolute atomic E-state index is 10.4. The molecule has 0 spiro atoms. The van der Waals surface area contributed by atoms with Crippen molar-refractivity contribution < 1.29 is 23.8 Å². The fourth-order valence-electron chi connectivity index (χ4n) is 2.14. The first-order chi connectivity index (χ1) is 11.6. The molecule has 0 aliphatic carbocycles. The summed E-state index contributed by atoms with van der Waals surface area (Å²) in [5, 5.41) is 11.2. The second kappa shape index (κ2) is 9.78. The molecule has 1 aromatic rings. The molecule has 1 aliphatic heterocycles. The first kappa shape index (κ1) is 18.9. The average Bonchev–Trinajstić information content (AvgIpc) is 2.99. The van der Waals surface area contributed by atoms with Crippen LogP contribution in [0.3, 0.4) is 0 Å². The molecule has 0 amide bonds. The van der Waals surface area contributed by atoms with Crippen LogP contribution in [-0.4, -0.2) is 30.0 Å². The highest BCUT2D eigenvalue weighted by atomic mass is 35.5. The summed E-state index contributed by atoms with van der Waals surface area (Å²) < 4.78 is 10.7. The number of carboxylic acids is 1. The van der Waals surface area contributed by atoms with E-state index in [1.165, 1.54) is 5.23 Å². The molecular weight excluding hydrogens is 354 g/mol. The van der Waals surface area contributed by atoms with Crippen LogP contribution in [0.25, 0.3) is 6.08 Å². The summed E-state index contributed by atoms with van der Waals surface area (Å²) in [6, 6.07) is 5.37. The second-order valence-corrected chi connectivity index (χ2v) is 6.37. The summed E-state index contributed by atoms with van der Waals surface area (Å²) in [7, 11) is 1.59. The van der Waals surface area contributed by atoms with E-state index in [1.54, 1.807) is 19.2 Å². The van der Waals surface area contributed by atoms with Gasteiger partial charge in [-0.2, -0.15) is 4.28 Å². The van der Waals surface area contributed by atoms with Gasteiger partial charge >= 0.3 is 5.97 Å². The lowest BCUT2D eigenvalue weighted by Crippen LogP contribution is -2.16. The lowest BCUT2D eigenvalue weighted by atomic mass is 10.1. The molecule has 2 rings (SSSR count). The normalized spacial score (nSPS) is 16.3. The number of carboxylic acid groups (broad SMARTS) is 1. The summed E-state index contributed by atoms with van der Waals surface area (Å²) in [5.41, 5.74) is 0.850. The fraction of sp³-hybridized carbons (Fsp3) is 0.438. The predicted molar refractivity (Wildman–Crippen MR) is 93.2 cm³/mol. The second-order valence-electron chi connectivity index (χ2n) is 5.21. The quantitative estimate of drug-likeness (QED) is 0.504. The molecular formula is C16H20ClNO5S. The van der Waals surface area contributed by atoms with E-state index in [-0.39, 0.29) is 6.42 Å². The van der Waals surface area contributed by atoms with Gasteiger partial charge in [-0.15, -0.1) is 0 Å². The number of hydrogen-bond acceptors (Lipinski definition) is 6. The number of nitrogens with zero attached hydrogens (tertiary/aromatic N) is 1. The molecule has 0 radical (unpaired) electrons. The Morgan fingerprint density at radius 1 is 1.38 bits per heavy atom. The molecule has 0 unspecified atom stereocenters. The molecule has 0 saturated carbocycles. The van der Waals surface area contributed by atoms with E-state index in [9.17, 15) is 4.79 Å². The number of benzene rings is 1. The van der Waals surface area contributed by atoms with E-state index in [0.29, 0.717) is 28.8 Å². The van der Waals surface area contributed by atoms with E-state index >= 15 is 0 Å². The van der Waals surface area contributed by atoms with Gasteiger partial charge < -0.3 is 14.7 Å². The van der Waals surface area contributed by atoms with Gasteiger partial charge in [-0.3, -0.25) is 4.79 Å². The average molecular weight is 374 g/mol. The fourth-order valence-corrected chi connectivity index (χ4v) is 2.86. The van der Waals surface area contributed by atoms with Gasteiger partial charge in [-0.05, 0) is 36.3 Å². The summed E-state index contributed by atoms with van der Waals surface area (Å²) >= 11 is 7.08. The molecule has 0 bridgehead atoms. The van der Waals surface area contributed by atoms with Gasteiger partial charge in [0.2, 0.25) is 5.09 Å². The van der Waals surface area contributed by atoms with Gasteiger partial charge in [0.05, 0.1) is 25.7 Å². The van der Waals surface area contributed by atoms with Crippen molar-refractivity contribution in [2.75, 3.05) is 13.7 Å². The molecule has 0 aromatic heterocycles. The van der Waals surface area contributed by atoms with Crippen LogP contribution in [0, 0.1) is 0 Å². The number of carbonyl (C=O) groups is 1. The highest BCUT2D eigenvalue weighted by Crippen LogP contribution is 2.34. The molecule has 8 heteroatoms. The van der Waals surface area contributed by atoms with Crippen molar-refractivity contribution in [3.63, 3.8) is 0 Å². The predicted octanol–water partition coefficient (Wildman–Crippen LogP) is 4.51. The van der Waals surface area contributed by atoms with Crippen molar-refractivity contribution in [2.24, 2.45) is 0 Å². The van der Waals surface area contributed by atoms with Crippen LogP contribution in [0.15, 0.2) is 23.3 Å². The van der Waals surface area contributed by atoms with Crippen molar-refractivity contribution in [3.05, 3.63) is 33.9 Å². The Morgan fingerprint density at radius 2 is 2.17 bits per heavy atom. The Kier molecular flexibility index (Phi) is 7.71. The number of hydrogen-bond donors (Lipinski definition) is 1. The van der Waals surface area contributed by atoms with Crippen molar-refractivity contribution in [1.82, 2.24) is 5.23 Å². The third kappa shape index (κ3) is 6.24. The van der Waals surface area contributed by atoms with Crippen LogP contribution in [0.4, 0.5) is 0 Å². The summed E-state index contributed by atoms with van der Waals surface area (Å²) in [4.78, 5) is 16.0. The number of halogens is 1. The molecule has 1 heterocycles. The van der Waals surface area contributed by atoms with Gasteiger partial charge in [-0.25, -0.2) is 0 Å². The van der Waals surface area contributed by atoms with E-state index in [4.69, 9.17) is 30.6 Å². The zero-order valence-corrected chi connectivity index (χ0v) is 14.9. The van der Waals surface area contributed by atoms with Crippen LogP contribution in [0.2, 0.25) is 5.02 Å². The van der Waals surface area contributed by atoms with Gasteiger partial charge in [0.25, 0.3) is 0 Å². The largest absolute Gasteiger partial charge is 0.496 e. The minimum absolute atomic E-state index is 0.225. The third-order valence-electron chi connectivity index (χ3n) is 3.34. The van der Waals surface area contributed by atoms with Gasteiger partial charge in [0, 0.05) is 23.1 Å². The van der Waals surface area contributed by atoms with Crippen LogP contribution in [-0.2, 0) is 13.9 Å². The van der Waals surface area contributed by atoms with Crippen LogP contribution < -0.4 is 4.74 Å². The van der Waals surface area contributed by atoms with Crippen LogP contribution in [0.1, 0.15) is 37.7 Å². The Morgan fingerprint density at radius 3 is 2.92 bits per heavy atom. The molecule has 1 fully saturated rings. The van der Waals surface area contributed by atoms with Crippen LogP contribution >= 0.6 is 23.6 Å². The molecule has 1 saturated heterocycles. The number of aliphatic carboxylic acids is 1. The molecule has 0 atom stereocenters. The summed E-state index contributed by atoms with van der Waals surface area (Å²) in [6.45, 7) is 0.620. The number of rotatable bonds is 9. The molecule has 6 nitrogen and oxygen atoms in total. The molecule has 1 N–H and O–H groups in total. The van der Waals surface area contributed by atoms with Gasteiger partial charge in [0.15, 0.2) is 0 Å². The summed E-state index contributed by atoms with van der Waals surface area (Å²) in [6.07, 6.45) is 5.45. The number of methoxy groups -OCH3 is 1. The van der Waals surface area contributed by atoms with Gasteiger partial charge in [0.1, 0.15) is 5.75 Å². The van der Waals surface area contributed by atoms with E-state index < -0.39 is 5.97 Å². The molecule has 132 valence electrons. The molecule has 24 heavy (non-hydrogen) atoms. The monoisotopic (exact) mass is 373 g/mol. The minimum atomic E-state index is -0.745. The van der Waals surface area contributed by atoms with Crippen LogP contribution in [0.5, 0.6) is 5.75 Å². The Bertz CT molecular complexity index is 596. The van der Waals surface area contributed by atoms with Crippen molar-refractivity contribution >= 4 is 35.7 Å². The van der Waals surface area contributed by atoms with E-state index in [1.807, 2.05) is 12.1 Å². The van der Waals surface area contributed by atoms with E-state index in [2.05, 4.69) is 0 Å². The smallest absolute Gasteiger partial charge is 0.303 e. The summed E-state index contributed by atoms with van der Waals surface area (Å²) in [5.74, 6) is -0.0823. The SMILES string of the molecule is COc1cc(Cl)ccc1/C=C1/ON(CCCCCCC(=O)O)OS1. The maximum Gasteiger partial charge on any atom is 0.303 e.